The van der Waals surface area contributed by atoms with Crippen LogP contribution in [0.2, 0.25) is 0 Å². The topological polar surface area (TPSA) is 72.7 Å². The van der Waals surface area contributed by atoms with Crippen LogP contribution in [0.1, 0.15) is 0 Å². The fourth-order valence-electron chi connectivity index (χ4n) is 0.877. The smallest absolute Gasteiger partial charge is 0.108 e. The highest BCUT2D eigenvalue weighted by molar-refractivity contribution is 4.83. The van der Waals surface area contributed by atoms with Crippen molar-refractivity contribution in [1.82, 2.24) is 5.32 Å². The molecule has 2 atom stereocenters. The fourth-order valence-corrected chi connectivity index (χ4v) is 0.877. The van der Waals surface area contributed by atoms with Crippen LogP contribution in [0.15, 0.2) is 0 Å². The summed E-state index contributed by atoms with van der Waals surface area (Å²) in [5, 5.41) is 29.4. The molecule has 0 aromatic rings. The van der Waals surface area contributed by atoms with Crippen molar-refractivity contribution in [3.63, 3.8) is 0 Å². The van der Waals surface area contributed by atoms with Crippen molar-refractivity contribution >= 4 is 0 Å². The van der Waals surface area contributed by atoms with E-state index in [1.54, 1.807) is 0 Å². The summed E-state index contributed by atoms with van der Waals surface area (Å²) >= 11 is 0. The monoisotopic (exact) mass is 133 g/mol. The maximum absolute atomic E-state index is 8.91. The molecule has 1 rings (SSSR count). The average Bonchev–Trinajstić information content (AvgIpc) is 1.83. The predicted molar refractivity (Wildman–Crippen MR) is 30.9 cm³/mol. The third-order valence-electron chi connectivity index (χ3n) is 1.50. The Morgan fingerprint density at radius 1 is 1.00 bits per heavy atom. The first-order chi connectivity index (χ1) is 4.22. The van der Waals surface area contributed by atoms with Gasteiger partial charge in [-0.2, -0.15) is 0 Å². The molecule has 0 saturated carbocycles. The van der Waals surface area contributed by atoms with Crippen LogP contribution >= 0.6 is 0 Å². The summed E-state index contributed by atoms with van der Waals surface area (Å²) in [4.78, 5) is 0. The van der Waals surface area contributed by atoms with E-state index in [1.807, 2.05) is 0 Å². The summed E-state index contributed by atoms with van der Waals surface area (Å²) in [6, 6.07) is 0. The molecule has 0 bridgehead atoms. The molecular weight excluding hydrogens is 122 g/mol. The Morgan fingerprint density at radius 3 is 1.78 bits per heavy atom. The molecule has 9 heavy (non-hydrogen) atoms. The van der Waals surface area contributed by atoms with E-state index in [-0.39, 0.29) is 0 Å². The molecular formula is C5H11NO3. The Labute approximate surface area is 53.1 Å². The lowest BCUT2D eigenvalue weighted by Gasteiger charge is -2.28. The number of β-amino-alcohol motifs (C(OH)–C–C–N with tert-alkyl or cyclic N) is 2. The second kappa shape index (κ2) is 2.62. The lowest BCUT2D eigenvalue weighted by atomic mass is 10.0. The SMILES string of the molecule is OC1CNCC(O)C1O. The van der Waals surface area contributed by atoms with Gasteiger partial charge in [0.15, 0.2) is 0 Å². The maximum atomic E-state index is 8.91. The van der Waals surface area contributed by atoms with Gasteiger partial charge in [0.2, 0.25) is 0 Å². The van der Waals surface area contributed by atoms with Gasteiger partial charge in [0.05, 0.1) is 12.2 Å². The van der Waals surface area contributed by atoms with Crippen molar-refractivity contribution in [2.45, 2.75) is 18.3 Å². The Bertz CT molecular complexity index is 88.2. The van der Waals surface area contributed by atoms with Gasteiger partial charge in [0.25, 0.3) is 0 Å². The van der Waals surface area contributed by atoms with E-state index in [0.29, 0.717) is 13.1 Å². The second-order valence-corrected chi connectivity index (χ2v) is 2.28. The van der Waals surface area contributed by atoms with Crippen LogP contribution < -0.4 is 5.32 Å². The van der Waals surface area contributed by atoms with Crippen molar-refractivity contribution < 1.29 is 15.3 Å². The summed E-state index contributed by atoms with van der Waals surface area (Å²) in [7, 11) is 0. The van der Waals surface area contributed by atoms with Crippen molar-refractivity contribution in [3.8, 4) is 0 Å². The van der Waals surface area contributed by atoms with Crippen LogP contribution in [0.25, 0.3) is 0 Å². The molecule has 0 radical (unpaired) electrons. The van der Waals surface area contributed by atoms with Gasteiger partial charge in [-0.05, 0) is 0 Å². The highest BCUT2D eigenvalue weighted by Crippen LogP contribution is 2.02. The molecule has 1 aliphatic rings. The van der Waals surface area contributed by atoms with E-state index in [2.05, 4.69) is 5.32 Å². The Morgan fingerprint density at radius 2 is 1.44 bits per heavy atom. The fraction of sp³-hybridized carbons (Fsp3) is 1.00. The molecule has 2 unspecified atom stereocenters. The van der Waals surface area contributed by atoms with Gasteiger partial charge in [0, 0.05) is 13.1 Å². The number of aliphatic hydroxyl groups is 3. The molecule has 1 aliphatic heterocycles. The summed E-state index contributed by atoms with van der Waals surface area (Å²) in [5.74, 6) is 0. The van der Waals surface area contributed by atoms with Crippen molar-refractivity contribution in [2.24, 2.45) is 0 Å². The van der Waals surface area contributed by atoms with Gasteiger partial charge in [-0.1, -0.05) is 0 Å². The maximum Gasteiger partial charge on any atom is 0.108 e. The van der Waals surface area contributed by atoms with Gasteiger partial charge in [0.1, 0.15) is 6.10 Å². The van der Waals surface area contributed by atoms with E-state index in [9.17, 15) is 0 Å². The molecule has 4 nitrogen and oxygen atoms in total. The molecule has 0 amide bonds. The summed E-state index contributed by atoms with van der Waals surface area (Å²) in [5.41, 5.74) is 0. The molecule has 1 fully saturated rings. The standard InChI is InChI=1S/C5H11NO3/c7-3-1-6-2-4(8)5(3)9/h3-9H,1-2H2. The number of nitrogens with one attached hydrogen (secondary N) is 1. The minimum atomic E-state index is -0.980. The van der Waals surface area contributed by atoms with Gasteiger partial charge < -0.3 is 20.6 Å². The molecule has 54 valence electrons. The lowest BCUT2D eigenvalue weighted by Crippen LogP contribution is -2.53. The molecule has 4 N–H and O–H groups in total. The van der Waals surface area contributed by atoms with Crippen molar-refractivity contribution in [1.29, 1.82) is 0 Å². The van der Waals surface area contributed by atoms with Crippen LogP contribution in [0, 0.1) is 0 Å². The zero-order valence-corrected chi connectivity index (χ0v) is 4.99. The van der Waals surface area contributed by atoms with E-state index in [4.69, 9.17) is 15.3 Å². The number of rotatable bonds is 0. The van der Waals surface area contributed by atoms with Crippen molar-refractivity contribution in [3.05, 3.63) is 0 Å². The quantitative estimate of drug-likeness (QED) is 0.299. The third-order valence-corrected chi connectivity index (χ3v) is 1.50. The number of hydrogen-bond donors (Lipinski definition) is 4. The second-order valence-electron chi connectivity index (χ2n) is 2.28. The normalized spacial score (nSPS) is 45.0. The van der Waals surface area contributed by atoms with Crippen LogP contribution in [-0.2, 0) is 0 Å². The van der Waals surface area contributed by atoms with E-state index in [1.165, 1.54) is 0 Å². The summed E-state index contributed by atoms with van der Waals surface area (Å²) in [6.45, 7) is 0.719. The zero-order valence-electron chi connectivity index (χ0n) is 4.99. The Kier molecular flexibility index (Phi) is 2.02. The first-order valence-corrected chi connectivity index (χ1v) is 2.96. The minimum Gasteiger partial charge on any atom is -0.389 e. The molecule has 1 saturated heterocycles. The summed E-state index contributed by atoms with van der Waals surface area (Å²) in [6.07, 6.45) is -2.63. The molecule has 0 aliphatic carbocycles. The number of hydrogen-bond acceptors (Lipinski definition) is 4. The van der Waals surface area contributed by atoms with Gasteiger partial charge in [-0.3, -0.25) is 0 Å². The molecule has 0 spiro atoms. The minimum absolute atomic E-state index is 0.359. The zero-order chi connectivity index (χ0) is 6.85. The summed E-state index contributed by atoms with van der Waals surface area (Å²) < 4.78 is 0. The van der Waals surface area contributed by atoms with Crippen LogP contribution in [-0.4, -0.2) is 46.7 Å². The first kappa shape index (κ1) is 6.95. The molecule has 0 aromatic carbocycles. The van der Waals surface area contributed by atoms with Gasteiger partial charge in [-0.25, -0.2) is 0 Å². The number of piperidine rings is 1. The number of aliphatic hydroxyl groups excluding tert-OH is 3. The lowest BCUT2D eigenvalue weighted by molar-refractivity contribution is -0.0750. The van der Waals surface area contributed by atoms with Crippen molar-refractivity contribution in [2.75, 3.05) is 13.1 Å². The van der Waals surface area contributed by atoms with E-state index < -0.39 is 18.3 Å². The average molecular weight is 133 g/mol. The highest BCUT2D eigenvalue weighted by Gasteiger charge is 2.27. The van der Waals surface area contributed by atoms with Gasteiger partial charge in [-0.15, -0.1) is 0 Å². The molecule has 1 heterocycles. The first-order valence-electron chi connectivity index (χ1n) is 2.96. The van der Waals surface area contributed by atoms with E-state index in [0.717, 1.165) is 0 Å². The van der Waals surface area contributed by atoms with Crippen LogP contribution in [0.5, 0.6) is 0 Å². The third kappa shape index (κ3) is 1.40. The van der Waals surface area contributed by atoms with Crippen LogP contribution in [0.3, 0.4) is 0 Å². The van der Waals surface area contributed by atoms with E-state index >= 15 is 0 Å². The predicted octanol–water partition coefficient (Wildman–Crippen LogP) is -2.33. The largest absolute Gasteiger partial charge is 0.389 e. The molecule has 0 aromatic heterocycles. The highest BCUT2D eigenvalue weighted by atomic mass is 16.4. The van der Waals surface area contributed by atoms with Crippen LogP contribution in [0.4, 0.5) is 0 Å². The van der Waals surface area contributed by atoms with Gasteiger partial charge >= 0.3 is 0 Å². The Hall–Kier alpha value is -0.160. The molecule has 4 heteroatoms. The Balaban J connectivity index is 2.41.